The largest absolute Gasteiger partial charge is 0.673 e. The van der Waals surface area contributed by atoms with Crippen LogP contribution in [0, 0.1) is 0 Å². The van der Waals surface area contributed by atoms with Crippen LogP contribution >= 0.6 is 11.6 Å². The van der Waals surface area contributed by atoms with Crippen molar-refractivity contribution in [3.05, 3.63) is 143 Å². The van der Waals surface area contributed by atoms with Gasteiger partial charge in [-0.05, 0) is 65.5 Å². The van der Waals surface area contributed by atoms with E-state index in [1.54, 1.807) is 0 Å². The minimum atomic E-state index is -6.00. The SMILES string of the molecule is C=CCn1/c(=C/C=C2\CCCC(/C=C/C3=[N+](CC=C)c4cccc5cccc3c45)=C2Cl)c2cccc3cccc1c32.F[B-](F)(F)F. The zero-order valence-corrected chi connectivity index (χ0v) is 26.0. The van der Waals surface area contributed by atoms with Crippen molar-refractivity contribution in [1.29, 1.82) is 0 Å². The Kier molecular flexibility index (Phi) is 8.87. The Balaban J connectivity index is 0.000000692. The van der Waals surface area contributed by atoms with Crippen LogP contribution < -0.4 is 5.35 Å². The topological polar surface area (TPSA) is 7.94 Å². The second kappa shape index (κ2) is 13.0. The molecule has 46 heavy (non-hydrogen) atoms. The van der Waals surface area contributed by atoms with E-state index in [1.165, 1.54) is 65.9 Å². The van der Waals surface area contributed by atoms with E-state index in [-0.39, 0.29) is 0 Å². The Morgan fingerprint density at radius 2 is 1.48 bits per heavy atom. The normalized spacial score (nSPS) is 16.4. The van der Waals surface area contributed by atoms with Crippen molar-refractivity contribution in [2.45, 2.75) is 25.8 Å². The average Bonchev–Trinajstić information content (AvgIpc) is 3.50. The van der Waals surface area contributed by atoms with E-state index in [1.807, 2.05) is 12.2 Å². The van der Waals surface area contributed by atoms with E-state index in [0.717, 1.165) is 37.4 Å². The molecule has 4 aromatic carbocycles. The third-order valence-electron chi connectivity index (χ3n) is 8.44. The summed E-state index contributed by atoms with van der Waals surface area (Å²) in [6.45, 7) is 9.56. The highest BCUT2D eigenvalue weighted by Gasteiger charge is 2.29. The molecule has 232 valence electrons. The van der Waals surface area contributed by atoms with Crippen molar-refractivity contribution in [2.75, 3.05) is 6.54 Å². The maximum Gasteiger partial charge on any atom is 0.673 e. The number of nitrogens with zero attached hydrogens (tertiary/aromatic N) is 2. The number of halogens is 5. The van der Waals surface area contributed by atoms with E-state index in [9.17, 15) is 17.3 Å². The van der Waals surface area contributed by atoms with E-state index in [4.69, 9.17) is 11.6 Å². The Bertz CT molecular complexity index is 2170. The summed E-state index contributed by atoms with van der Waals surface area (Å²) in [6, 6.07) is 26.2. The molecule has 0 fully saturated rings. The quantitative estimate of drug-likeness (QED) is 0.0725. The number of aromatic nitrogens is 1. The Morgan fingerprint density at radius 3 is 2.20 bits per heavy atom. The summed E-state index contributed by atoms with van der Waals surface area (Å²) in [7, 11) is -6.00. The summed E-state index contributed by atoms with van der Waals surface area (Å²) < 4.78 is 43.7. The summed E-state index contributed by atoms with van der Waals surface area (Å²) in [5, 5.41) is 8.48. The van der Waals surface area contributed by atoms with Crippen LogP contribution in [0.25, 0.3) is 38.5 Å². The predicted octanol–water partition coefficient (Wildman–Crippen LogP) is 10.4. The van der Waals surface area contributed by atoms with Gasteiger partial charge in [-0.3, -0.25) is 0 Å². The zero-order valence-electron chi connectivity index (χ0n) is 25.2. The van der Waals surface area contributed by atoms with Crippen LogP contribution in [0.4, 0.5) is 23.0 Å². The van der Waals surface area contributed by atoms with Gasteiger partial charge >= 0.3 is 7.25 Å². The molecule has 0 atom stereocenters. The third kappa shape index (κ3) is 6.12. The molecule has 8 heteroatoms. The van der Waals surface area contributed by atoms with Crippen molar-refractivity contribution >= 4 is 68.8 Å². The van der Waals surface area contributed by atoms with Gasteiger partial charge in [0.1, 0.15) is 0 Å². The molecule has 0 N–H and O–H groups in total. The molecule has 2 aliphatic rings. The number of hydrogen-bond acceptors (Lipinski definition) is 0. The molecular formula is C38H32BClF4N2. The monoisotopic (exact) mass is 638 g/mol. The molecule has 0 bridgehead atoms. The van der Waals surface area contributed by atoms with Gasteiger partial charge in [-0.25, -0.2) is 0 Å². The summed E-state index contributed by atoms with van der Waals surface area (Å²) in [4.78, 5) is 0. The van der Waals surface area contributed by atoms with Crippen molar-refractivity contribution in [1.82, 2.24) is 4.57 Å². The van der Waals surface area contributed by atoms with Crippen LogP contribution in [0.1, 0.15) is 24.8 Å². The highest BCUT2D eigenvalue weighted by molar-refractivity contribution is 6.50. The number of benzene rings is 4. The molecule has 0 spiro atoms. The van der Waals surface area contributed by atoms with Crippen LogP contribution in [-0.2, 0) is 6.54 Å². The molecule has 0 saturated carbocycles. The summed E-state index contributed by atoms with van der Waals surface area (Å²) in [6.07, 6.45) is 15.9. The van der Waals surface area contributed by atoms with Gasteiger partial charge in [-0.15, -0.1) is 6.58 Å². The van der Waals surface area contributed by atoms with E-state index in [0.29, 0.717) is 0 Å². The molecule has 5 aromatic rings. The fourth-order valence-electron chi connectivity index (χ4n) is 6.65. The van der Waals surface area contributed by atoms with Crippen molar-refractivity contribution in [2.24, 2.45) is 0 Å². The Hall–Kier alpha value is -4.62. The van der Waals surface area contributed by atoms with Crippen molar-refractivity contribution in [3.8, 4) is 0 Å². The first kappa shape index (κ1) is 31.4. The predicted molar refractivity (Wildman–Crippen MR) is 187 cm³/mol. The lowest BCUT2D eigenvalue weighted by atomic mass is 9.93. The average molecular weight is 639 g/mol. The molecule has 0 saturated heterocycles. The van der Waals surface area contributed by atoms with Gasteiger partial charge in [0.15, 0.2) is 6.54 Å². The van der Waals surface area contributed by atoms with Gasteiger partial charge in [0, 0.05) is 45.4 Å². The van der Waals surface area contributed by atoms with Gasteiger partial charge in [-0.2, -0.15) is 4.58 Å². The molecule has 1 aliphatic carbocycles. The van der Waals surface area contributed by atoms with E-state index in [2.05, 4.69) is 119 Å². The van der Waals surface area contributed by atoms with Gasteiger partial charge in [0.05, 0.1) is 10.9 Å². The Labute approximate surface area is 270 Å². The van der Waals surface area contributed by atoms with E-state index >= 15 is 0 Å². The second-order valence-corrected chi connectivity index (χ2v) is 11.7. The first-order valence-electron chi connectivity index (χ1n) is 15.2. The first-order valence-corrected chi connectivity index (χ1v) is 15.6. The van der Waals surface area contributed by atoms with Crippen LogP contribution in [0.3, 0.4) is 0 Å². The lowest BCUT2D eigenvalue weighted by Crippen LogP contribution is -2.15. The number of hydrogen-bond donors (Lipinski definition) is 0. The van der Waals surface area contributed by atoms with Crippen LogP contribution in [0.5, 0.6) is 0 Å². The minimum absolute atomic E-state index is 0.759. The summed E-state index contributed by atoms with van der Waals surface area (Å²) >= 11 is 7.12. The smallest absolute Gasteiger partial charge is 0.418 e. The molecule has 2 heterocycles. The van der Waals surface area contributed by atoms with Gasteiger partial charge < -0.3 is 21.8 Å². The lowest BCUT2D eigenvalue weighted by molar-refractivity contribution is -0.423. The molecule has 0 amide bonds. The maximum atomic E-state index is 9.75. The van der Waals surface area contributed by atoms with Gasteiger partial charge in [-0.1, -0.05) is 91.0 Å². The molecule has 2 nitrogen and oxygen atoms in total. The van der Waals surface area contributed by atoms with Gasteiger partial charge in [0.25, 0.3) is 0 Å². The maximum absolute atomic E-state index is 9.75. The fourth-order valence-corrected chi connectivity index (χ4v) is 6.96. The minimum Gasteiger partial charge on any atom is -0.418 e. The highest BCUT2D eigenvalue weighted by atomic mass is 35.5. The fraction of sp³-hybridized carbons (Fsp3) is 0.132. The molecule has 1 aromatic heterocycles. The lowest BCUT2D eigenvalue weighted by Gasteiger charge is -2.16. The van der Waals surface area contributed by atoms with Crippen molar-refractivity contribution in [3.63, 3.8) is 0 Å². The molecule has 1 aliphatic heterocycles. The highest BCUT2D eigenvalue weighted by Crippen LogP contribution is 2.37. The van der Waals surface area contributed by atoms with E-state index < -0.39 is 7.25 Å². The standard InChI is InChI=1S/C38H32ClN2.BF4/c1-3-24-40-32(30-16-6-10-26-12-8-18-34(40)36(26)30)22-20-28-14-5-15-29(38(28)39)21-23-33-31-17-7-11-27-13-9-19-35(37(27)31)41(33)25-4-2;2-1(3,4)5/h3-4,6-13,16-23H,1-2,5,14-15,24-25H2;/q+1;-1. The summed E-state index contributed by atoms with van der Waals surface area (Å²) in [5.74, 6) is 0. The van der Waals surface area contributed by atoms with Crippen LogP contribution in [0.2, 0.25) is 0 Å². The Morgan fingerprint density at radius 1 is 0.804 bits per heavy atom. The van der Waals surface area contributed by atoms with Crippen LogP contribution in [0.15, 0.2) is 133 Å². The number of rotatable bonds is 7. The molecule has 0 unspecified atom stereocenters. The van der Waals surface area contributed by atoms with Crippen molar-refractivity contribution < 1.29 is 21.8 Å². The zero-order chi connectivity index (χ0) is 32.4. The number of allylic oxidation sites excluding steroid dienone is 7. The summed E-state index contributed by atoms with van der Waals surface area (Å²) in [5.41, 5.74) is 7.33. The van der Waals surface area contributed by atoms with Crippen LogP contribution in [-0.4, -0.2) is 28.7 Å². The third-order valence-corrected chi connectivity index (χ3v) is 8.93. The van der Waals surface area contributed by atoms with Gasteiger partial charge in [0.2, 0.25) is 11.4 Å². The molecule has 0 radical (unpaired) electrons. The first-order chi connectivity index (χ1) is 22.2. The molecule has 7 rings (SSSR count). The second-order valence-electron chi connectivity index (χ2n) is 11.3. The molecular weight excluding hydrogens is 607 g/mol.